The summed E-state index contributed by atoms with van der Waals surface area (Å²) in [5.41, 5.74) is 1.32. The van der Waals surface area contributed by atoms with E-state index in [1.54, 1.807) is 0 Å². The summed E-state index contributed by atoms with van der Waals surface area (Å²) in [6, 6.07) is 9.43. The molecule has 1 rings (SSSR count). The molecule has 0 aromatic heterocycles. The topological polar surface area (TPSA) is 21.3 Å². The van der Waals surface area contributed by atoms with Gasteiger partial charge >= 0.3 is 0 Å². The molecule has 0 aliphatic carbocycles. The molecule has 0 aliphatic heterocycles. The number of rotatable bonds is 9. The molecule has 2 atom stereocenters. The lowest BCUT2D eigenvalue weighted by Gasteiger charge is -2.26. The zero-order valence-corrected chi connectivity index (χ0v) is 14.6. The Balaban J connectivity index is 2.56. The van der Waals surface area contributed by atoms with Gasteiger partial charge in [-0.05, 0) is 43.4 Å². The van der Waals surface area contributed by atoms with Crippen molar-refractivity contribution in [2.24, 2.45) is 11.8 Å². The van der Waals surface area contributed by atoms with Crippen LogP contribution in [-0.2, 0) is 0 Å². The second kappa shape index (κ2) is 9.09. The van der Waals surface area contributed by atoms with E-state index in [2.05, 4.69) is 71.1 Å². The number of nitrogens with one attached hydrogen (secondary N) is 1. The molecular formula is C19H33NO. The van der Waals surface area contributed by atoms with Crippen molar-refractivity contribution in [3.63, 3.8) is 0 Å². The largest absolute Gasteiger partial charge is 0.493 e. The second-order valence-electron chi connectivity index (χ2n) is 6.53. The Morgan fingerprint density at radius 1 is 0.952 bits per heavy atom. The summed E-state index contributed by atoms with van der Waals surface area (Å²) in [7, 11) is 0. The van der Waals surface area contributed by atoms with E-state index in [1.165, 1.54) is 18.4 Å². The van der Waals surface area contributed by atoms with Gasteiger partial charge in [-0.25, -0.2) is 0 Å². The van der Waals surface area contributed by atoms with Gasteiger partial charge in [0.2, 0.25) is 0 Å². The molecule has 0 heterocycles. The van der Waals surface area contributed by atoms with Crippen molar-refractivity contribution in [2.45, 2.75) is 66.5 Å². The molecule has 0 saturated carbocycles. The molecular weight excluding hydrogens is 258 g/mol. The zero-order chi connectivity index (χ0) is 15.8. The molecule has 21 heavy (non-hydrogen) atoms. The molecule has 2 heteroatoms. The maximum atomic E-state index is 5.74. The van der Waals surface area contributed by atoms with E-state index in [-0.39, 0.29) is 0 Å². The average Bonchev–Trinajstić information content (AvgIpc) is 2.46. The summed E-state index contributed by atoms with van der Waals surface area (Å²) >= 11 is 0. The summed E-state index contributed by atoms with van der Waals surface area (Å²) in [6.45, 7) is 14.2. The highest BCUT2D eigenvalue weighted by atomic mass is 16.5. The van der Waals surface area contributed by atoms with Gasteiger partial charge in [0, 0.05) is 12.1 Å². The van der Waals surface area contributed by atoms with Gasteiger partial charge in [0.05, 0.1) is 6.61 Å². The molecule has 1 aromatic rings. The van der Waals surface area contributed by atoms with Crippen molar-refractivity contribution in [1.29, 1.82) is 0 Å². The predicted molar refractivity (Wildman–Crippen MR) is 91.9 cm³/mol. The Bertz CT molecular complexity index is 381. The average molecular weight is 291 g/mol. The number of hydrogen-bond donors (Lipinski definition) is 1. The molecule has 0 fully saturated rings. The van der Waals surface area contributed by atoms with Crippen LogP contribution in [0.1, 0.15) is 66.0 Å². The van der Waals surface area contributed by atoms with Gasteiger partial charge in [-0.3, -0.25) is 0 Å². The summed E-state index contributed by atoms with van der Waals surface area (Å²) in [5.74, 6) is 2.28. The van der Waals surface area contributed by atoms with Crippen molar-refractivity contribution in [3.05, 3.63) is 29.8 Å². The summed E-state index contributed by atoms with van der Waals surface area (Å²) in [5, 5.41) is 3.73. The molecule has 0 bridgehead atoms. The minimum absolute atomic E-state index is 0.375. The number of benzene rings is 1. The Hall–Kier alpha value is -1.02. The maximum Gasteiger partial charge on any atom is 0.119 e. The number of hydrogen-bond acceptors (Lipinski definition) is 2. The lowest BCUT2D eigenvalue weighted by Crippen LogP contribution is -2.34. The van der Waals surface area contributed by atoms with E-state index in [0.29, 0.717) is 18.0 Å². The lowest BCUT2D eigenvalue weighted by atomic mass is 9.94. The van der Waals surface area contributed by atoms with Gasteiger partial charge in [-0.2, -0.15) is 0 Å². The molecule has 0 amide bonds. The molecule has 2 nitrogen and oxygen atoms in total. The summed E-state index contributed by atoms with van der Waals surface area (Å²) in [4.78, 5) is 0. The van der Waals surface area contributed by atoms with Crippen LogP contribution in [0.5, 0.6) is 5.75 Å². The second-order valence-corrected chi connectivity index (χ2v) is 6.53. The van der Waals surface area contributed by atoms with Crippen LogP contribution >= 0.6 is 0 Å². The number of ether oxygens (including phenoxy) is 1. The third-order valence-electron chi connectivity index (χ3n) is 4.23. The van der Waals surface area contributed by atoms with E-state index >= 15 is 0 Å². The van der Waals surface area contributed by atoms with Crippen molar-refractivity contribution in [3.8, 4) is 5.75 Å². The highest BCUT2D eigenvalue weighted by Gasteiger charge is 2.16. The first-order valence-electron chi connectivity index (χ1n) is 8.46. The van der Waals surface area contributed by atoms with Crippen LogP contribution in [0.25, 0.3) is 0 Å². The van der Waals surface area contributed by atoms with Crippen LogP contribution in [0.2, 0.25) is 0 Å². The zero-order valence-electron chi connectivity index (χ0n) is 14.6. The standard InChI is InChI=1S/C19H33NO/c1-7-17(8-2)15(5)20-16(6)18-9-11-19(12-10-18)21-13-14(3)4/h9-12,14-17,20H,7-8,13H2,1-6H3. The minimum Gasteiger partial charge on any atom is -0.493 e. The van der Waals surface area contributed by atoms with Gasteiger partial charge in [-0.15, -0.1) is 0 Å². The van der Waals surface area contributed by atoms with Gasteiger partial charge in [0.15, 0.2) is 0 Å². The van der Waals surface area contributed by atoms with E-state index < -0.39 is 0 Å². The van der Waals surface area contributed by atoms with E-state index in [4.69, 9.17) is 4.74 Å². The highest BCUT2D eigenvalue weighted by Crippen LogP contribution is 2.21. The van der Waals surface area contributed by atoms with Crippen LogP contribution in [0.15, 0.2) is 24.3 Å². The first-order valence-corrected chi connectivity index (χ1v) is 8.46. The fourth-order valence-corrected chi connectivity index (χ4v) is 2.74. The van der Waals surface area contributed by atoms with Crippen molar-refractivity contribution < 1.29 is 4.74 Å². The van der Waals surface area contributed by atoms with Gasteiger partial charge in [0.1, 0.15) is 5.75 Å². The Morgan fingerprint density at radius 3 is 2.00 bits per heavy atom. The fourth-order valence-electron chi connectivity index (χ4n) is 2.74. The van der Waals surface area contributed by atoms with Crippen molar-refractivity contribution in [1.82, 2.24) is 5.32 Å². The smallest absolute Gasteiger partial charge is 0.119 e. The molecule has 0 radical (unpaired) electrons. The first kappa shape index (κ1) is 18.0. The van der Waals surface area contributed by atoms with E-state index in [9.17, 15) is 0 Å². The molecule has 1 aromatic carbocycles. The first-order chi connectivity index (χ1) is 9.97. The molecule has 2 unspecified atom stereocenters. The molecule has 1 N–H and O–H groups in total. The minimum atomic E-state index is 0.375. The van der Waals surface area contributed by atoms with Crippen LogP contribution < -0.4 is 10.1 Å². The highest BCUT2D eigenvalue weighted by molar-refractivity contribution is 5.29. The van der Waals surface area contributed by atoms with E-state index in [1.807, 2.05) is 0 Å². The Labute approximate surface area is 131 Å². The molecule has 120 valence electrons. The van der Waals surface area contributed by atoms with Crippen LogP contribution in [0.4, 0.5) is 0 Å². The van der Waals surface area contributed by atoms with Crippen LogP contribution in [-0.4, -0.2) is 12.6 Å². The van der Waals surface area contributed by atoms with E-state index in [0.717, 1.165) is 18.3 Å². The fraction of sp³-hybridized carbons (Fsp3) is 0.684. The van der Waals surface area contributed by atoms with Gasteiger partial charge in [0.25, 0.3) is 0 Å². The van der Waals surface area contributed by atoms with Crippen molar-refractivity contribution >= 4 is 0 Å². The monoisotopic (exact) mass is 291 g/mol. The molecule has 0 spiro atoms. The van der Waals surface area contributed by atoms with Crippen LogP contribution in [0, 0.1) is 11.8 Å². The summed E-state index contributed by atoms with van der Waals surface area (Å²) < 4.78 is 5.74. The molecule has 0 aliphatic rings. The maximum absolute atomic E-state index is 5.74. The van der Waals surface area contributed by atoms with Gasteiger partial charge < -0.3 is 10.1 Å². The SMILES string of the molecule is CCC(CC)C(C)NC(C)c1ccc(OCC(C)C)cc1. The molecule has 0 saturated heterocycles. The predicted octanol–water partition coefficient (Wildman–Crippen LogP) is 5.20. The Morgan fingerprint density at radius 2 is 1.52 bits per heavy atom. The third kappa shape index (κ3) is 6.09. The van der Waals surface area contributed by atoms with Crippen LogP contribution in [0.3, 0.4) is 0 Å². The quantitative estimate of drug-likeness (QED) is 0.675. The third-order valence-corrected chi connectivity index (χ3v) is 4.23. The van der Waals surface area contributed by atoms with Gasteiger partial charge in [-0.1, -0.05) is 52.7 Å². The lowest BCUT2D eigenvalue weighted by molar-refractivity contribution is 0.271. The van der Waals surface area contributed by atoms with Crippen molar-refractivity contribution in [2.75, 3.05) is 6.61 Å². The summed E-state index contributed by atoms with van der Waals surface area (Å²) in [6.07, 6.45) is 2.47. The Kier molecular flexibility index (Phi) is 7.81. The normalized spacial score (nSPS) is 14.5.